The summed E-state index contributed by atoms with van der Waals surface area (Å²) < 4.78 is 5.50. The number of unbranched alkanes of at least 4 members (excludes halogenated alkanes) is 27. The molecule has 62 heavy (non-hydrogen) atoms. The molecule has 0 fully saturated rings. The Bertz CT molecular complexity index is 1030. The molecule has 0 radical (unpaired) electrons. The molecule has 0 bridgehead atoms. The minimum absolute atomic E-state index is 0.00204. The van der Waals surface area contributed by atoms with Gasteiger partial charge in [-0.1, -0.05) is 223 Å². The molecule has 1 unspecified atom stereocenters. The quantitative estimate of drug-likeness (QED) is 0.0391. The van der Waals surface area contributed by atoms with E-state index in [0.29, 0.717) is 5.56 Å². The third kappa shape index (κ3) is 54.0. The lowest BCUT2D eigenvalue weighted by atomic mass is 10.1. The molecule has 0 saturated carbocycles. The van der Waals surface area contributed by atoms with E-state index in [1.54, 1.807) is 12.1 Å². The van der Waals surface area contributed by atoms with Gasteiger partial charge in [-0.05, 0) is 116 Å². The topological polar surface area (TPSA) is 66.8 Å². The fourth-order valence-corrected chi connectivity index (χ4v) is 7.31. The summed E-state index contributed by atoms with van der Waals surface area (Å²) in [5, 5.41) is 18.2. The summed E-state index contributed by atoms with van der Waals surface area (Å²) in [5.41, 5.74) is 0.638. The van der Waals surface area contributed by atoms with Crippen LogP contribution in [0.4, 0.5) is 0 Å². The Morgan fingerprint density at radius 2 is 0.694 bits per heavy atom. The lowest BCUT2D eigenvalue weighted by Crippen LogP contribution is -2.14. The molecule has 0 aromatic heterocycles. The van der Waals surface area contributed by atoms with Crippen LogP contribution in [0.25, 0.3) is 0 Å². The molecular formula is C58H106O4. The highest BCUT2D eigenvalue weighted by Gasteiger charge is 2.11. The predicted octanol–water partition coefficient (Wildman–Crippen LogP) is 18.7. The van der Waals surface area contributed by atoms with Gasteiger partial charge in [-0.2, -0.15) is 0 Å². The normalized spacial score (nSPS) is 12.9. The standard InChI is InChI=1S/C24H38O2.2C17H34O/c1-3-4-5-6-7-8-9-10-11-12-13-14-16-19-22(2)26-24(25)23-20-17-15-18-21-23;2*1-3-4-5-6-7-8-9-10-11-12-13-14-15-16-17(2)18/h6-7,15,17-18,20-22H,3-5,8-14,16,19H2,1-2H3;2*6-7,17-18H,3-5,8-16H2,1-2H3/b3*7-6-/t22-;17-;/m10./s1. The Balaban J connectivity index is 0. The number of hydrogen-bond donors (Lipinski definition) is 2. The molecule has 0 saturated heterocycles. The number of allylic oxidation sites excluding steroid dienone is 6. The number of carbonyl (C=O) groups excluding carboxylic acids is 1. The van der Waals surface area contributed by atoms with E-state index >= 15 is 0 Å². The first-order chi connectivity index (χ1) is 30.3. The fourth-order valence-electron chi connectivity index (χ4n) is 7.31. The van der Waals surface area contributed by atoms with Crippen LogP contribution in [0.2, 0.25) is 0 Å². The summed E-state index contributed by atoms with van der Waals surface area (Å²) in [7, 11) is 0. The van der Waals surface area contributed by atoms with Gasteiger partial charge in [-0.3, -0.25) is 0 Å². The molecule has 0 aliphatic carbocycles. The largest absolute Gasteiger partial charge is 0.459 e. The second-order valence-electron chi connectivity index (χ2n) is 18.3. The molecule has 1 aromatic rings. The van der Waals surface area contributed by atoms with Crippen molar-refractivity contribution in [1.29, 1.82) is 0 Å². The van der Waals surface area contributed by atoms with Gasteiger partial charge in [0.25, 0.3) is 0 Å². The summed E-state index contributed by atoms with van der Waals surface area (Å²) in [6.45, 7) is 12.5. The van der Waals surface area contributed by atoms with Crippen molar-refractivity contribution >= 4 is 5.97 Å². The molecule has 1 aromatic carbocycles. The maximum Gasteiger partial charge on any atom is 0.338 e. The van der Waals surface area contributed by atoms with Crippen molar-refractivity contribution < 1.29 is 19.7 Å². The van der Waals surface area contributed by atoms with Crippen molar-refractivity contribution in [2.24, 2.45) is 0 Å². The molecule has 2 N–H and O–H groups in total. The van der Waals surface area contributed by atoms with E-state index in [4.69, 9.17) is 14.9 Å². The Kier molecular flexibility index (Phi) is 53.1. The lowest BCUT2D eigenvalue weighted by molar-refractivity contribution is 0.0319. The smallest absolute Gasteiger partial charge is 0.338 e. The molecule has 3 atom stereocenters. The molecule has 4 heteroatoms. The molecule has 0 heterocycles. The zero-order valence-corrected chi connectivity index (χ0v) is 42.2. The zero-order valence-electron chi connectivity index (χ0n) is 42.2. The second kappa shape index (κ2) is 53.2. The van der Waals surface area contributed by atoms with E-state index in [0.717, 1.165) is 25.7 Å². The zero-order chi connectivity index (χ0) is 45.8. The minimum Gasteiger partial charge on any atom is -0.459 e. The Morgan fingerprint density at radius 1 is 0.419 bits per heavy atom. The summed E-state index contributed by atoms with van der Waals surface area (Å²) in [4.78, 5) is 12.0. The summed E-state index contributed by atoms with van der Waals surface area (Å²) in [6.07, 6.45) is 60.0. The van der Waals surface area contributed by atoms with Crippen molar-refractivity contribution in [1.82, 2.24) is 0 Å². The van der Waals surface area contributed by atoms with Crippen molar-refractivity contribution in [2.75, 3.05) is 0 Å². The van der Waals surface area contributed by atoms with Crippen LogP contribution in [-0.4, -0.2) is 34.5 Å². The predicted molar refractivity (Wildman–Crippen MR) is 275 cm³/mol. The monoisotopic (exact) mass is 867 g/mol. The first-order valence-corrected chi connectivity index (χ1v) is 26.8. The van der Waals surface area contributed by atoms with Crippen LogP contribution in [-0.2, 0) is 4.74 Å². The van der Waals surface area contributed by atoms with Crippen LogP contribution in [0.1, 0.15) is 283 Å². The van der Waals surface area contributed by atoms with Gasteiger partial charge in [0, 0.05) is 0 Å². The van der Waals surface area contributed by atoms with Gasteiger partial charge in [-0.25, -0.2) is 4.79 Å². The van der Waals surface area contributed by atoms with Gasteiger partial charge >= 0.3 is 5.97 Å². The van der Waals surface area contributed by atoms with E-state index in [1.807, 2.05) is 39.0 Å². The van der Waals surface area contributed by atoms with Crippen molar-refractivity contribution in [3.05, 3.63) is 72.4 Å². The van der Waals surface area contributed by atoms with Crippen LogP contribution in [0.15, 0.2) is 66.8 Å². The summed E-state index contributed by atoms with van der Waals surface area (Å²) in [6, 6.07) is 9.24. The number of aliphatic hydroxyl groups excluding tert-OH is 2. The van der Waals surface area contributed by atoms with Crippen LogP contribution in [0.3, 0.4) is 0 Å². The van der Waals surface area contributed by atoms with Gasteiger partial charge in [0.1, 0.15) is 0 Å². The third-order valence-corrected chi connectivity index (χ3v) is 11.5. The average molecular weight is 867 g/mol. The van der Waals surface area contributed by atoms with Gasteiger partial charge in [0.05, 0.1) is 23.9 Å². The molecule has 0 aliphatic heterocycles. The van der Waals surface area contributed by atoms with Gasteiger partial charge in [-0.15, -0.1) is 0 Å². The van der Waals surface area contributed by atoms with Gasteiger partial charge < -0.3 is 14.9 Å². The lowest BCUT2D eigenvalue weighted by Gasteiger charge is -2.13. The number of ether oxygens (including phenoxy) is 1. The first kappa shape index (κ1) is 61.9. The second-order valence-corrected chi connectivity index (χ2v) is 18.3. The average Bonchev–Trinajstić information content (AvgIpc) is 3.26. The number of hydrogen-bond acceptors (Lipinski definition) is 4. The molecular weight excluding hydrogens is 761 g/mol. The molecule has 1 rings (SSSR count). The van der Waals surface area contributed by atoms with E-state index < -0.39 is 0 Å². The maximum absolute atomic E-state index is 12.0. The number of aliphatic hydroxyl groups is 2. The van der Waals surface area contributed by atoms with Crippen molar-refractivity contribution in [2.45, 2.75) is 291 Å². The number of rotatable bonds is 41. The van der Waals surface area contributed by atoms with Crippen LogP contribution in [0.5, 0.6) is 0 Å². The Labute approximate surface area is 387 Å². The molecule has 0 amide bonds. The highest BCUT2D eigenvalue weighted by Crippen LogP contribution is 2.15. The van der Waals surface area contributed by atoms with E-state index in [-0.39, 0.29) is 24.3 Å². The van der Waals surface area contributed by atoms with Crippen molar-refractivity contribution in [3.63, 3.8) is 0 Å². The molecule has 4 nitrogen and oxygen atoms in total. The molecule has 0 aliphatic rings. The fraction of sp³-hybridized carbons (Fsp3) is 0.776. The highest BCUT2D eigenvalue weighted by atomic mass is 16.5. The highest BCUT2D eigenvalue weighted by molar-refractivity contribution is 5.89. The van der Waals surface area contributed by atoms with E-state index in [9.17, 15) is 4.79 Å². The maximum atomic E-state index is 12.0. The van der Waals surface area contributed by atoms with Crippen molar-refractivity contribution in [3.8, 4) is 0 Å². The van der Waals surface area contributed by atoms with Gasteiger partial charge in [0.15, 0.2) is 0 Å². The number of carbonyl (C=O) groups is 1. The molecule has 0 spiro atoms. The summed E-state index contributed by atoms with van der Waals surface area (Å²) >= 11 is 0. The number of esters is 1. The minimum atomic E-state index is -0.207. The van der Waals surface area contributed by atoms with Crippen LogP contribution >= 0.6 is 0 Å². The Hall–Kier alpha value is -2.17. The third-order valence-electron chi connectivity index (χ3n) is 11.5. The van der Waals surface area contributed by atoms with E-state index in [2.05, 4.69) is 57.2 Å². The number of benzene rings is 1. The van der Waals surface area contributed by atoms with Crippen LogP contribution < -0.4 is 0 Å². The molecule has 362 valence electrons. The summed E-state index contributed by atoms with van der Waals surface area (Å²) in [5.74, 6) is -0.207. The van der Waals surface area contributed by atoms with Gasteiger partial charge in [0.2, 0.25) is 0 Å². The van der Waals surface area contributed by atoms with Crippen LogP contribution in [0, 0.1) is 0 Å². The first-order valence-electron chi connectivity index (χ1n) is 26.8. The van der Waals surface area contributed by atoms with E-state index in [1.165, 1.54) is 205 Å². The SMILES string of the molecule is CCCC/C=C\CCCCCCCCCC(C)O.CCCC/C=C\CCCCCCCCC[C@@H](C)OC(=O)c1ccccc1.CCCC/C=C\CCCCCCCCC[C@H](C)O. The Morgan fingerprint density at radius 3 is 1.00 bits per heavy atom.